The summed E-state index contributed by atoms with van der Waals surface area (Å²) in [5.74, 6) is 0.475. The van der Waals surface area contributed by atoms with E-state index in [-0.39, 0.29) is 12.6 Å². The fraction of sp³-hybridized carbons (Fsp3) is 1.00. The van der Waals surface area contributed by atoms with E-state index in [0.717, 1.165) is 12.8 Å². The molecule has 1 atom stereocenters. The van der Waals surface area contributed by atoms with E-state index in [1.165, 1.54) is 0 Å². The van der Waals surface area contributed by atoms with E-state index in [0.29, 0.717) is 5.92 Å². The Balaban J connectivity index is 3.67. The fourth-order valence-corrected chi connectivity index (χ4v) is 1.60. The molecule has 0 aromatic carbocycles. The van der Waals surface area contributed by atoms with Gasteiger partial charge in [-0.15, -0.1) is 0 Å². The summed E-state index contributed by atoms with van der Waals surface area (Å²) in [5.41, 5.74) is 0. The molecule has 0 spiro atoms. The van der Waals surface area contributed by atoms with Gasteiger partial charge in [-0.05, 0) is 12.8 Å². The molecule has 0 aromatic rings. The maximum atomic E-state index is 11.8. The van der Waals surface area contributed by atoms with Gasteiger partial charge in [0.15, 0.2) is 0 Å². The van der Waals surface area contributed by atoms with Gasteiger partial charge in [-0.25, -0.2) is 0 Å². The zero-order valence-electron chi connectivity index (χ0n) is 9.12. The van der Waals surface area contributed by atoms with Gasteiger partial charge in [-0.1, -0.05) is 26.7 Å². The predicted molar refractivity (Wildman–Crippen MR) is 52.2 cm³/mol. The third-order valence-electron chi connectivity index (χ3n) is 2.63. The van der Waals surface area contributed by atoms with Gasteiger partial charge in [0.05, 0.1) is 6.42 Å². The van der Waals surface area contributed by atoms with Crippen LogP contribution in [0.2, 0.25) is 0 Å². The van der Waals surface area contributed by atoms with Crippen LogP contribution in [0, 0.1) is 5.92 Å². The number of hydrogen-bond donors (Lipinski definition) is 1. The molecular formula is C10H20F3N. The summed E-state index contributed by atoms with van der Waals surface area (Å²) >= 11 is 0. The molecule has 0 saturated carbocycles. The topological polar surface area (TPSA) is 12.0 Å². The lowest BCUT2D eigenvalue weighted by Crippen LogP contribution is -2.35. The summed E-state index contributed by atoms with van der Waals surface area (Å²) < 4.78 is 35.5. The van der Waals surface area contributed by atoms with Crippen molar-refractivity contribution in [3.63, 3.8) is 0 Å². The van der Waals surface area contributed by atoms with Crippen LogP contribution in [0.15, 0.2) is 0 Å². The number of alkyl halides is 3. The monoisotopic (exact) mass is 211 g/mol. The van der Waals surface area contributed by atoms with Crippen LogP contribution in [0.1, 0.15) is 40.0 Å². The van der Waals surface area contributed by atoms with E-state index in [9.17, 15) is 13.2 Å². The minimum Gasteiger partial charge on any atom is -0.314 e. The maximum Gasteiger partial charge on any atom is 0.390 e. The first-order valence-electron chi connectivity index (χ1n) is 5.20. The normalized spacial score (nSPS) is 14.8. The highest BCUT2D eigenvalue weighted by atomic mass is 19.4. The van der Waals surface area contributed by atoms with Gasteiger partial charge in [-0.3, -0.25) is 0 Å². The number of rotatable bonds is 6. The summed E-state index contributed by atoms with van der Waals surface area (Å²) in [6.07, 6.45) is -2.76. The molecular weight excluding hydrogens is 191 g/mol. The molecule has 0 aliphatic rings. The van der Waals surface area contributed by atoms with E-state index in [1.807, 2.05) is 6.92 Å². The minimum atomic E-state index is -4.04. The summed E-state index contributed by atoms with van der Waals surface area (Å²) in [4.78, 5) is 0. The second-order valence-corrected chi connectivity index (χ2v) is 3.68. The molecule has 4 heteroatoms. The molecule has 0 bridgehead atoms. The Morgan fingerprint density at radius 3 is 2.00 bits per heavy atom. The average molecular weight is 211 g/mol. The largest absolute Gasteiger partial charge is 0.390 e. The first-order chi connectivity index (χ1) is 6.40. The van der Waals surface area contributed by atoms with Crippen molar-refractivity contribution in [1.82, 2.24) is 5.32 Å². The Morgan fingerprint density at radius 2 is 1.64 bits per heavy atom. The Bertz CT molecular complexity index is 141. The first kappa shape index (κ1) is 13.8. The highest BCUT2D eigenvalue weighted by Crippen LogP contribution is 2.19. The van der Waals surface area contributed by atoms with Gasteiger partial charge in [-0.2, -0.15) is 13.2 Å². The Labute approximate surface area is 84.1 Å². The smallest absolute Gasteiger partial charge is 0.314 e. The molecule has 1 unspecified atom stereocenters. The molecule has 1 N–H and O–H groups in total. The molecule has 0 fully saturated rings. The fourth-order valence-electron chi connectivity index (χ4n) is 1.60. The molecule has 0 heterocycles. The van der Waals surface area contributed by atoms with Gasteiger partial charge in [0.1, 0.15) is 0 Å². The zero-order chi connectivity index (χ0) is 11.2. The molecule has 0 aliphatic heterocycles. The van der Waals surface area contributed by atoms with Gasteiger partial charge >= 0.3 is 6.18 Å². The molecule has 86 valence electrons. The second kappa shape index (κ2) is 6.27. The van der Waals surface area contributed by atoms with Crippen LogP contribution in [0.25, 0.3) is 0 Å². The van der Waals surface area contributed by atoms with Crippen molar-refractivity contribution < 1.29 is 13.2 Å². The van der Waals surface area contributed by atoms with Crippen LogP contribution in [0.5, 0.6) is 0 Å². The molecule has 0 saturated heterocycles. The third kappa shape index (κ3) is 6.24. The van der Waals surface area contributed by atoms with Crippen LogP contribution >= 0.6 is 0 Å². The SMILES string of the molecule is CCC(CC)C(C)NCCC(F)(F)F. The van der Waals surface area contributed by atoms with Gasteiger partial charge in [0.2, 0.25) is 0 Å². The van der Waals surface area contributed by atoms with Crippen LogP contribution in [0.3, 0.4) is 0 Å². The Hall–Kier alpha value is -0.250. The van der Waals surface area contributed by atoms with Crippen molar-refractivity contribution >= 4 is 0 Å². The summed E-state index contributed by atoms with van der Waals surface area (Å²) in [6.45, 7) is 6.11. The number of halogens is 3. The lowest BCUT2D eigenvalue weighted by molar-refractivity contribution is -0.133. The van der Waals surface area contributed by atoms with E-state index < -0.39 is 12.6 Å². The van der Waals surface area contributed by atoms with Crippen LogP contribution in [-0.4, -0.2) is 18.8 Å². The molecule has 0 rings (SSSR count). The lowest BCUT2D eigenvalue weighted by Gasteiger charge is -2.22. The van der Waals surface area contributed by atoms with Crippen molar-refractivity contribution in [2.75, 3.05) is 6.54 Å². The number of nitrogens with one attached hydrogen (secondary N) is 1. The standard InChI is InChI=1S/C10H20F3N/c1-4-9(5-2)8(3)14-7-6-10(11,12)13/h8-9,14H,4-7H2,1-3H3. The van der Waals surface area contributed by atoms with Crippen molar-refractivity contribution in [2.45, 2.75) is 52.3 Å². The van der Waals surface area contributed by atoms with E-state index in [2.05, 4.69) is 19.2 Å². The Morgan fingerprint density at radius 1 is 1.14 bits per heavy atom. The quantitative estimate of drug-likeness (QED) is 0.710. The predicted octanol–water partition coefficient (Wildman–Crippen LogP) is 3.35. The molecule has 1 nitrogen and oxygen atoms in total. The third-order valence-corrected chi connectivity index (χ3v) is 2.63. The summed E-state index contributed by atoms with van der Waals surface area (Å²) in [7, 11) is 0. The Kier molecular flexibility index (Phi) is 6.16. The lowest BCUT2D eigenvalue weighted by atomic mass is 9.95. The molecule has 0 amide bonds. The van der Waals surface area contributed by atoms with Crippen LogP contribution in [-0.2, 0) is 0 Å². The minimum absolute atomic E-state index is 0.0289. The molecule has 0 aliphatic carbocycles. The van der Waals surface area contributed by atoms with Crippen LogP contribution < -0.4 is 5.32 Å². The van der Waals surface area contributed by atoms with E-state index >= 15 is 0 Å². The highest BCUT2D eigenvalue weighted by molar-refractivity contribution is 4.70. The summed E-state index contributed by atoms with van der Waals surface area (Å²) in [5, 5.41) is 2.92. The summed E-state index contributed by atoms with van der Waals surface area (Å²) in [6, 6.07) is 0.173. The zero-order valence-corrected chi connectivity index (χ0v) is 9.12. The van der Waals surface area contributed by atoms with Crippen molar-refractivity contribution in [1.29, 1.82) is 0 Å². The molecule has 0 radical (unpaired) electrons. The van der Waals surface area contributed by atoms with Gasteiger partial charge in [0.25, 0.3) is 0 Å². The van der Waals surface area contributed by atoms with Gasteiger partial charge < -0.3 is 5.32 Å². The highest BCUT2D eigenvalue weighted by Gasteiger charge is 2.26. The van der Waals surface area contributed by atoms with Crippen LogP contribution in [0.4, 0.5) is 13.2 Å². The first-order valence-corrected chi connectivity index (χ1v) is 5.20. The van der Waals surface area contributed by atoms with Crippen molar-refractivity contribution in [3.05, 3.63) is 0 Å². The van der Waals surface area contributed by atoms with E-state index in [4.69, 9.17) is 0 Å². The molecule has 0 aromatic heterocycles. The molecule has 14 heavy (non-hydrogen) atoms. The maximum absolute atomic E-state index is 11.8. The van der Waals surface area contributed by atoms with E-state index in [1.54, 1.807) is 0 Å². The average Bonchev–Trinajstić information content (AvgIpc) is 2.04. The number of hydrogen-bond acceptors (Lipinski definition) is 1. The van der Waals surface area contributed by atoms with Crippen molar-refractivity contribution in [2.24, 2.45) is 5.92 Å². The van der Waals surface area contributed by atoms with Crippen molar-refractivity contribution in [3.8, 4) is 0 Å². The second-order valence-electron chi connectivity index (χ2n) is 3.68. The van der Waals surface area contributed by atoms with Gasteiger partial charge in [0, 0.05) is 12.6 Å².